The van der Waals surface area contributed by atoms with Gasteiger partial charge in [-0.15, -0.1) is 5.92 Å². The molecule has 3 atom stereocenters. The SMILES string of the molecule is CCC#C[C@H](C)OC1CNC(C(C)(C)C)CN1. The maximum Gasteiger partial charge on any atom is 0.122 e. The van der Waals surface area contributed by atoms with Crippen LogP contribution in [0.4, 0.5) is 0 Å². The maximum absolute atomic E-state index is 5.81. The Morgan fingerprint density at radius 2 is 2.00 bits per heavy atom. The number of nitrogens with one attached hydrogen (secondary N) is 2. The number of hydrogen-bond acceptors (Lipinski definition) is 3. The molecule has 98 valence electrons. The monoisotopic (exact) mass is 238 g/mol. The molecule has 0 aromatic heterocycles. The van der Waals surface area contributed by atoms with Gasteiger partial charge in [0, 0.05) is 25.6 Å². The Hall–Kier alpha value is -0.560. The molecule has 0 aromatic carbocycles. The summed E-state index contributed by atoms with van der Waals surface area (Å²) < 4.78 is 5.81. The summed E-state index contributed by atoms with van der Waals surface area (Å²) in [5.74, 6) is 6.13. The van der Waals surface area contributed by atoms with Crippen molar-refractivity contribution in [3.05, 3.63) is 0 Å². The zero-order valence-electron chi connectivity index (χ0n) is 11.8. The van der Waals surface area contributed by atoms with E-state index in [1.165, 1.54) is 0 Å². The number of rotatable bonds is 2. The zero-order valence-corrected chi connectivity index (χ0v) is 11.8. The second kappa shape index (κ2) is 6.39. The summed E-state index contributed by atoms with van der Waals surface area (Å²) in [4.78, 5) is 0. The van der Waals surface area contributed by atoms with Crippen molar-refractivity contribution in [2.45, 2.75) is 59.4 Å². The predicted octanol–water partition coefficient (Wildman–Crippen LogP) is 1.74. The number of piperazine rings is 1. The summed E-state index contributed by atoms with van der Waals surface area (Å²) >= 11 is 0. The Bertz CT molecular complexity index is 277. The first kappa shape index (κ1) is 14.5. The van der Waals surface area contributed by atoms with Crippen LogP contribution in [-0.2, 0) is 4.74 Å². The average Bonchev–Trinajstić information content (AvgIpc) is 2.26. The molecule has 3 nitrogen and oxygen atoms in total. The summed E-state index contributed by atoms with van der Waals surface area (Å²) in [6.07, 6.45) is 0.964. The molecule has 2 unspecified atom stereocenters. The molecule has 0 amide bonds. The lowest BCUT2D eigenvalue weighted by atomic mass is 9.86. The van der Waals surface area contributed by atoms with Crippen molar-refractivity contribution in [2.75, 3.05) is 13.1 Å². The molecule has 1 rings (SSSR count). The van der Waals surface area contributed by atoms with Gasteiger partial charge in [0.1, 0.15) is 12.3 Å². The van der Waals surface area contributed by atoms with E-state index in [4.69, 9.17) is 4.74 Å². The van der Waals surface area contributed by atoms with Crippen LogP contribution in [0.25, 0.3) is 0 Å². The quantitative estimate of drug-likeness (QED) is 0.719. The van der Waals surface area contributed by atoms with Crippen molar-refractivity contribution in [1.82, 2.24) is 10.6 Å². The van der Waals surface area contributed by atoms with Gasteiger partial charge >= 0.3 is 0 Å². The fourth-order valence-electron chi connectivity index (χ4n) is 1.88. The van der Waals surface area contributed by atoms with Crippen LogP contribution in [-0.4, -0.2) is 31.5 Å². The molecule has 1 fully saturated rings. The van der Waals surface area contributed by atoms with Crippen LogP contribution >= 0.6 is 0 Å². The average molecular weight is 238 g/mol. The molecular formula is C14H26N2O. The Morgan fingerprint density at radius 1 is 1.29 bits per heavy atom. The molecule has 17 heavy (non-hydrogen) atoms. The molecule has 1 heterocycles. The van der Waals surface area contributed by atoms with Gasteiger partial charge in [0.2, 0.25) is 0 Å². The van der Waals surface area contributed by atoms with Crippen molar-refractivity contribution in [2.24, 2.45) is 5.41 Å². The molecule has 3 heteroatoms. The van der Waals surface area contributed by atoms with E-state index in [0.29, 0.717) is 6.04 Å². The van der Waals surface area contributed by atoms with E-state index in [2.05, 4.69) is 43.2 Å². The molecule has 1 saturated heterocycles. The van der Waals surface area contributed by atoms with Crippen LogP contribution in [0.1, 0.15) is 41.0 Å². The highest BCUT2D eigenvalue weighted by Gasteiger charge is 2.29. The van der Waals surface area contributed by atoms with Crippen molar-refractivity contribution < 1.29 is 4.74 Å². The second-order valence-electron chi connectivity index (χ2n) is 5.68. The summed E-state index contributed by atoms with van der Waals surface area (Å²) in [6, 6.07) is 0.499. The highest BCUT2D eigenvalue weighted by molar-refractivity contribution is 5.03. The fourth-order valence-corrected chi connectivity index (χ4v) is 1.88. The van der Waals surface area contributed by atoms with E-state index in [-0.39, 0.29) is 17.7 Å². The third-order valence-corrected chi connectivity index (χ3v) is 3.00. The van der Waals surface area contributed by atoms with Crippen molar-refractivity contribution in [3.63, 3.8) is 0 Å². The molecule has 0 bridgehead atoms. The molecule has 1 aliphatic rings. The highest BCUT2D eigenvalue weighted by Crippen LogP contribution is 2.20. The van der Waals surface area contributed by atoms with Crippen LogP contribution < -0.4 is 10.6 Å². The summed E-state index contributed by atoms with van der Waals surface area (Å²) in [7, 11) is 0. The number of hydrogen-bond donors (Lipinski definition) is 2. The van der Waals surface area contributed by atoms with Gasteiger partial charge in [-0.05, 0) is 12.3 Å². The van der Waals surface area contributed by atoms with E-state index in [1.807, 2.05) is 13.8 Å². The van der Waals surface area contributed by atoms with E-state index in [1.54, 1.807) is 0 Å². The Labute approximate surface area is 106 Å². The van der Waals surface area contributed by atoms with Gasteiger partial charge in [-0.1, -0.05) is 33.6 Å². The highest BCUT2D eigenvalue weighted by atomic mass is 16.5. The minimum Gasteiger partial charge on any atom is -0.346 e. The molecule has 2 N–H and O–H groups in total. The Kier molecular flexibility index (Phi) is 5.45. The van der Waals surface area contributed by atoms with Gasteiger partial charge in [0.05, 0.1) is 0 Å². The lowest BCUT2D eigenvalue weighted by molar-refractivity contribution is -0.0150. The topological polar surface area (TPSA) is 33.3 Å². The van der Waals surface area contributed by atoms with Crippen LogP contribution in [0.5, 0.6) is 0 Å². The minimum absolute atomic E-state index is 0.000404. The van der Waals surface area contributed by atoms with Gasteiger partial charge in [-0.3, -0.25) is 5.32 Å². The Balaban J connectivity index is 2.32. The predicted molar refractivity (Wildman–Crippen MR) is 71.7 cm³/mol. The smallest absolute Gasteiger partial charge is 0.122 e. The summed E-state index contributed by atoms with van der Waals surface area (Å²) in [5, 5.41) is 6.97. The van der Waals surface area contributed by atoms with Crippen molar-refractivity contribution in [1.29, 1.82) is 0 Å². The number of ether oxygens (including phenoxy) is 1. The van der Waals surface area contributed by atoms with E-state index in [0.717, 1.165) is 19.5 Å². The third-order valence-electron chi connectivity index (χ3n) is 3.00. The first-order chi connectivity index (χ1) is 7.93. The van der Waals surface area contributed by atoms with Gasteiger partial charge in [-0.25, -0.2) is 0 Å². The first-order valence-electron chi connectivity index (χ1n) is 6.54. The van der Waals surface area contributed by atoms with Gasteiger partial charge in [0.25, 0.3) is 0 Å². The third kappa shape index (κ3) is 5.08. The molecule has 0 saturated carbocycles. The minimum atomic E-state index is 0.000404. The lowest BCUT2D eigenvalue weighted by Gasteiger charge is -2.38. The Morgan fingerprint density at radius 3 is 2.47 bits per heavy atom. The zero-order chi connectivity index (χ0) is 12.9. The summed E-state index contributed by atoms with van der Waals surface area (Å²) in [6.45, 7) is 12.6. The molecule has 1 aliphatic heterocycles. The van der Waals surface area contributed by atoms with Gasteiger partial charge < -0.3 is 10.1 Å². The second-order valence-corrected chi connectivity index (χ2v) is 5.68. The van der Waals surface area contributed by atoms with Gasteiger partial charge in [-0.2, -0.15) is 0 Å². The normalized spacial score (nSPS) is 27.1. The standard InChI is InChI=1S/C14H26N2O/c1-6-7-8-11(2)17-13-10-15-12(9-16-13)14(3,4)5/h11-13,15-16H,6,9-10H2,1-5H3/t11-,12?,13?/m0/s1. The largest absolute Gasteiger partial charge is 0.346 e. The van der Waals surface area contributed by atoms with Crippen LogP contribution in [0, 0.1) is 17.3 Å². The van der Waals surface area contributed by atoms with Crippen molar-refractivity contribution >= 4 is 0 Å². The van der Waals surface area contributed by atoms with E-state index >= 15 is 0 Å². The van der Waals surface area contributed by atoms with Crippen LogP contribution in [0.2, 0.25) is 0 Å². The lowest BCUT2D eigenvalue weighted by Crippen LogP contribution is -2.59. The molecule has 0 aliphatic carbocycles. The molecule has 0 radical (unpaired) electrons. The van der Waals surface area contributed by atoms with Gasteiger partial charge in [0.15, 0.2) is 0 Å². The van der Waals surface area contributed by atoms with Crippen molar-refractivity contribution in [3.8, 4) is 11.8 Å². The first-order valence-corrected chi connectivity index (χ1v) is 6.54. The molecule has 0 spiro atoms. The van der Waals surface area contributed by atoms with Crippen LogP contribution in [0.3, 0.4) is 0 Å². The van der Waals surface area contributed by atoms with Crippen LogP contribution in [0.15, 0.2) is 0 Å². The maximum atomic E-state index is 5.81. The molecule has 0 aromatic rings. The molecular weight excluding hydrogens is 212 g/mol. The van der Waals surface area contributed by atoms with E-state index < -0.39 is 0 Å². The summed E-state index contributed by atoms with van der Waals surface area (Å²) in [5.41, 5.74) is 0.283. The fraction of sp³-hybridized carbons (Fsp3) is 0.857. The van der Waals surface area contributed by atoms with E-state index in [9.17, 15) is 0 Å².